The molecule has 0 atom stereocenters. The molecule has 148 valence electrons. The Morgan fingerprint density at radius 1 is 1.38 bits per heavy atom. The molecule has 0 radical (unpaired) electrons. The Morgan fingerprint density at radius 2 is 2.24 bits per heavy atom. The Labute approximate surface area is 166 Å². The van der Waals surface area contributed by atoms with Crippen LogP contribution < -0.4 is 19.7 Å². The van der Waals surface area contributed by atoms with Crippen molar-refractivity contribution in [1.29, 1.82) is 0 Å². The molecule has 7 nitrogen and oxygen atoms in total. The van der Waals surface area contributed by atoms with Crippen LogP contribution in [-0.2, 0) is 11.3 Å². The van der Waals surface area contributed by atoms with Crippen molar-refractivity contribution in [1.82, 2.24) is 9.97 Å². The summed E-state index contributed by atoms with van der Waals surface area (Å²) in [6.45, 7) is 4.47. The second-order valence-corrected chi connectivity index (χ2v) is 6.35. The Hall–Kier alpha value is -3.68. The largest absolute Gasteiger partial charge is 0.496 e. The van der Waals surface area contributed by atoms with Crippen molar-refractivity contribution in [2.45, 2.75) is 6.54 Å². The molecule has 3 aromatic rings. The van der Waals surface area contributed by atoms with Crippen LogP contribution in [0.5, 0.6) is 11.5 Å². The van der Waals surface area contributed by atoms with Crippen LogP contribution in [-0.4, -0.2) is 36.1 Å². The van der Waals surface area contributed by atoms with Crippen molar-refractivity contribution in [2.24, 2.45) is 0 Å². The van der Waals surface area contributed by atoms with Crippen LogP contribution in [0.25, 0.3) is 10.9 Å². The molecule has 4 rings (SSSR count). The molecule has 1 aliphatic rings. The van der Waals surface area contributed by atoms with E-state index in [1.54, 1.807) is 29.2 Å². The van der Waals surface area contributed by atoms with Gasteiger partial charge in [0.1, 0.15) is 30.3 Å². The van der Waals surface area contributed by atoms with E-state index in [2.05, 4.69) is 21.9 Å². The quantitative estimate of drug-likeness (QED) is 0.669. The van der Waals surface area contributed by atoms with Crippen LogP contribution in [0.15, 0.2) is 49.3 Å². The number of ether oxygens (including phenoxy) is 2. The molecule has 0 saturated carbocycles. The minimum Gasteiger partial charge on any atom is -0.496 e. The molecule has 1 amide bonds. The van der Waals surface area contributed by atoms with E-state index in [0.717, 1.165) is 0 Å². The van der Waals surface area contributed by atoms with E-state index in [1.165, 1.54) is 25.6 Å². The fourth-order valence-corrected chi connectivity index (χ4v) is 3.38. The summed E-state index contributed by atoms with van der Waals surface area (Å²) in [6, 6.07) is 8.24. The lowest BCUT2D eigenvalue weighted by molar-refractivity contribution is -0.114. The van der Waals surface area contributed by atoms with Gasteiger partial charge in [0, 0.05) is 12.1 Å². The number of hydrogen-bond donors (Lipinski definition) is 1. The molecule has 0 spiro atoms. The van der Waals surface area contributed by atoms with Gasteiger partial charge in [-0.1, -0.05) is 12.6 Å². The highest BCUT2D eigenvalue weighted by Crippen LogP contribution is 2.41. The zero-order chi connectivity index (χ0) is 20.4. The van der Waals surface area contributed by atoms with E-state index >= 15 is 0 Å². The van der Waals surface area contributed by atoms with Gasteiger partial charge in [0.25, 0.3) is 5.91 Å². The third-order valence-electron chi connectivity index (χ3n) is 4.76. The van der Waals surface area contributed by atoms with Gasteiger partial charge in [0.05, 0.1) is 30.2 Å². The smallest absolute Gasteiger partial charge is 0.250 e. The van der Waals surface area contributed by atoms with Gasteiger partial charge in [-0.25, -0.2) is 14.4 Å². The Kier molecular flexibility index (Phi) is 4.99. The van der Waals surface area contributed by atoms with Gasteiger partial charge in [0.2, 0.25) is 0 Å². The monoisotopic (exact) mass is 394 g/mol. The summed E-state index contributed by atoms with van der Waals surface area (Å²) >= 11 is 0. The third kappa shape index (κ3) is 3.33. The summed E-state index contributed by atoms with van der Waals surface area (Å²) in [5.41, 5.74) is 1.65. The number of aromatic nitrogens is 2. The lowest BCUT2D eigenvalue weighted by atomic mass is 10.1. The first-order valence-corrected chi connectivity index (χ1v) is 9.03. The molecule has 29 heavy (non-hydrogen) atoms. The summed E-state index contributed by atoms with van der Waals surface area (Å²) in [7, 11) is 1.49. The second-order valence-electron chi connectivity index (χ2n) is 6.35. The van der Waals surface area contributed by atoms with Gasteiger partial charge < -0.3 is 19.7 Å². The number of halogens is 1. The average Bonchev–Trinajstić information content (AvgIpc) is 2.76. The number of carbonyl (C=O) groups excluding carboxylic acids is 1. The van der Waals surface area contributed by atoms with E-state index < -0.39 is 0 Å². The van der Waals surface area contributed by atoms with E-state index in [1.807, 2.05) is 0 Å². The maximum absolute atomic E-state index is 14.3. The van der Waals surface area contributed by atoms with Crippen LogP contribution in [0.3, 0.4) is 0 Å². The first kappa shape index (κ1) is 18.7. The van der Waals surface area contributed by atoms with Gasteiger partial charge in [0.15, 0.2) is 5.75 Å². The zero-order valence-electron chi connectivity index (χ0n) is 15.8. The standard InChI is InChI=1S/C21H19FN4O3/c1-3-18(27)26-9-10-29-20-16(26)8-7-15-19(20)21(25-12-24-15)23-11-13-14(22)5-4-6-17(13)28-2/h3-8,12H,1,9-11H2,2H3,(H,23,24,25). The molecule has 1 aliphatic heterocycles. The average molecular weight is 394 g/mol. The highest BCUT2D eigenvalue weighted by atomic mass is 19.1. The highest BCUT2D eigenvalue weighted by molar-refractivity contribution is 6.07. The lowest BCUT2D eigenvalue weighted by Crippen LogP contribution is -2.36. The van der Waals surface area contributed by atoms with E-state index in [0.29, 0.717) is 52.6 Å². The van der Waals surface area contributed by atoms with Gasteiger partial charge in [-0.3, -0.25) is 4.79 Å². The number of anilines is 2. The predicted molar refractivity (Wildman–Crippen MR) is 108 cm³/mol. The van der Waals surface area contributed by atoms with Gasteiger partial charge in [-0.05, 0) is 30.3 Å². The molecule has 2 aromatic carbocycles. The Morgan fingerprint density at radius 3 is 3.03 bits per heavy atom. The van der Waals surface area contributed by atoms with Crippen molar-refractivity contribution < 1.29 is 18.7 Å². The van der Waals surface area contributed by atoms with Crippen LogP contribution in [0.1, 0.15) is 5.56 Å². The zero-order valence-corrected chi connectivity index (χ0v) is 15.8. The van der Waals surface area contributed by atoms with Crippen LogP contribution in [0, 0.1) is 5.82 Å². The molecular formula is C21H19FN4O3. The van der Waals surface area contributed by atoms with Crippen LogP contribution in [0.2, 0.25) is 0 Å². The molecular weight excluding hydrogens is 375 g/mol. The van der Waals surface area contributed by atoms with E-state index in [-0.39, 0.29) is 18.3 Å². The first-order chi connectivity index (χ1) is 14.1. The number of rotatable bonds is 5. The summed E-state index contributed by atoms with van der Waals surface area (Å²) in [5, 5.41) is 3.78. The van der Waals surface area contributed by atoms with Crippen molar-refractivity contribution in [3.8, 4) is 11.5 Å². The molecule has 1 aromatic heterocycles. The van der Waals surface area contributed by atoms with Crippen LogP contribution in [0.4, 0.5) is 15.9 Å². The predicted octanol–water partition coefficient (Wildman–Crippen LogP) is 3.30. The van der Waals surface area contributed by atoms with Crippen molar-refractivity contribution in [3.05, 3.63) is 60.7 Å². The fraction of sp³-hybridized carbons (Fsp3) is 0.190. The summed E-state index contributed by atoms with van der Waals surface area (Å²) in [6.07, 6.45) is 2.69. The topological polar surface area (TPSA) is 76.6 Å². The number of fused-ring (bicyclic) bond motifs is 3. The van der Waals surface area contributed by atoms with Gasteiger partial charge in [-0.2, -0.15) is 0 Å². The molecule has 0 aliphatic carbocycles. The van der Waals surface area contributed by atoms with E-state index in [9.17, 15) is 9.18 Å². The molecule has 0 fully saturated rings. The van der Waals surface area contributed by atoms with Crippen LogP contribution >= 0.6 is 0 Å². The molecule has 0 unspecified atom stereocenters. The maximum Gasteiger partial charge on any atom is 0.250 e. The van der Waals surface area contributed by atoms with Crippen molar-refractivity contribution >= 4 is 28.3 Å². The summed E-state index contributed by atoms with van der Waals surface area (Å²) in [5.74, 6) is 0.835. The minimum absolute atomic E-state index is 0.154. The normalized spacial score (nSPS) is 12.8. The molecule has 0 saturated heterocycles. The number of benzene rings is 2. The second kappa shape index (κ2) is 7.75. The molecule has 8 heteroatoms. The number of methoxy groups -OCH3 is 1. The first-order valence-electron chi connectivity index (χ1n) is 9.03. The number of nitrogens with zero attached hydrogens (tertiary/aromatic N) is 3. The minimum atomic E-state index is -0.378. The number of amides is 1. The molecule has 0 bridgehead atoms. The Bertz CT molecular complexity index is 1100. The van der Waals surface area contributed by atoms with Gasteiger partial charge in [-0.15, -0.1) is 0 Å². The van der Waals surface area contributed by atoms with Crippen molar-refractivity contribution in [3.63, 3.8) is 0 Å². The fourth-order valence-electron chi connectivity index (χ4n) is 3.38. The number of nitrogens with one attached hydrogen (secondary N) is 1. The summed E-state index contributed by atoms with van der Waals surface area (Å²) < 4.78 is 25.4. The summed E-state index contributed by atoms with van der Waals surface area (Å²) in [4.78, 5) is 22.4. The number of hydrogen-bond acceptors (Lipinski definition) is 6. The SMILES string of the molecule is C=CC(=O)N1CCOc2c1ccc1ncnc(NCc3c(F)cccc3OC)c21. The third-order valence-corrected chi connectivity index (χ3v) is 4.76. The number of carbonyl (C=O) groups is 1. The molecule has 1 N–H and O–H groups in total. The van der Waals surface area contributed by atoms with E-state index in [4.69, 9.17) is 9.47 Å². The molecule has 2 heterocycles. The maximum atomic E-state index is 14.3. The van der Waals surface area contributed by atoms with Crippen molar-refractivity contribution in [2.75, 3.05) is 30.5 Å². The Balaban J connectivity index is 1.76. The highest BCUT2D eigenvalue weighted by Gasteiger charge is 2.26. The van der Waals surface area contributed by atoms with Gasteiger partial charge >= 0.3 is 0 Å². The lowest BCUT2D eigenvalue weighted by Gasteiger charge is -2.29.